The summed E-state index contributed by atoms with van der Waals surface area (Å²) in [4.78, 5) is 25.5. The summed E-state index contributed by atoms with van der Waals surface area (Å²) in [6.07, 6.45) is 1.53. The predicted octanol–water partition coefficient (Wildman–Crippen LogP) is 1.15. The van der Waals surface area contributed by atoms with Gasteiger partial charge >= 0.3 is 5.69 Å². The maximum absolute atomic E-state index is 12.0. The van der Waals surface area contributed by atoms with E-state index < -0.39 is 19.3 Å². The highest BCUT2D eigenvalue weighted by Gasteiger charge is 2.46. The molecule has 3 N–H and O–H groups in total. The number of aromatic amines is 1. The van der Waals surface area contributed by atoms with Crippen molar-refractivity contribution < 1.29 is 5.11 Å². The summed E-state index contributed by atoms with van der Waals surface area (Å²) in [5, 5.41) is 14.3. The van der Waals surface area contributed by atoms with Gasteiger partial charge in [-0.25, -0.2) is 4.79 Å². The van der Waals surface area contributed by atoms with Crippen molar-refractivity contribution in [3.05, 3.63) is 33.1 Å². The Hall–Kier alpha value is -0.833. The van der Waals surface area contributed by atoms with E-state index in [0.29, 0.717) is 6.54 Å². The molecule has 0 bridgehead atoms. The molecule has 2 heterocycles. The molecular weight excluding hydrogens is 330 g/mol. The van der Waals surface area contributed by atoms with Crippen LogP contribution in [0.2, 0.25) is 18.1 Å². The molecule has 0 spiro atoms. The second-order valence-electron chi connectivity index (χ2n) is 7.72. The van der Waals surface area contributed by atoms with Crippen molar-refractivity contribution in [2.75, 3.05) is 13.1 Å². The van der Waals surface area contributed by atoms with E-state index in [-0.39, 0.29) is 21.4 Å². The molecule has 0 unspecified atom stereocenters. The van der Waals surface area contributed by atoms with Gasteiger partial charge in [-0.1, -0.05) is 33.9 Å². The third-order valence-corrected chi connectivity index (χ3v) is 12.7. The molecule has 1 fully saturated rings. The Morgan fingerprint density at radius 1 is 1.35 bits per heavy atom. The van der Waals surface area contributed by atoms with Crippen LogP contribution in [-0.2, 0) is 0 Å². The van der Waals surface area contributed by atoms with Crippen LogP contribution in [0.1, 0.15) is 26.1 Å². The van der Waals surface area contributed by atoms with Crippen molar-refractivity contribution in [1.29, 1.82) is 0 Å². The molecule has 1 aliphatic heterocycles. The Kier molecular flexibility index (Phi) is 5.30. The zero-order chi connectivity index (χ0) is 17.4. The van der Waals surface area contributed by atoms with E-state index in [1.165, 1.54) is 16.8 Å². The summed E-state index contributed by atoms with van der Waals surface area (Å²) in [6, 6.07) is 1.36. The Morgan fingerprint density at radius 2 is 2.00 bits per heavy atom. The lowest BCUT2D eigenvalue weighted by atomic mass is 10.2. The molecule has 1 aliphatic rings. The third-order valence-electron chi connectivity index (χ3n) is 5.18. The van der Waals surface area contributed by atoms with E-state index in [4.69, 9.17) is 0 Å². The molecule has 6 nitrogen and oxygen atoms in total. The number of rotatable bonds is 3. The van der Waals surface area contributed by atoms with E-state index in [1.54, 1.807) is 11.8 Å². The normalized spacial score (nSPS) is 24.4. The molecule has 8 heteroatoms. The lowest BCUT2D eigenvalue weighted by Crippen LogP contribution is -2.57. The first-order valence-electron chi connectivity index (χ1n) is 7.90. The van der Waals surface area contributed by atoms with Crippen molar-refractivity contribution in [1.82, 2.24) is 14.9 Å². The van der Waals surface area contributed by atoms with Crippen LogP contribution in [-0.4, -0.2) is 46.8 Å². The predicted molar refractivity (Wildman–Crippen MR) is 97.8 cm³/mol. The maximum atomic E-state index is 12.0. The van der Waals surface area contributed by atoms with Crippen molar-refractivity contribution in [3.8, 4) is 0 Å². The summed E-state index contributed by atoms with van der Waals surface area (Å²) in [5.74, 6) is 0. The van der Waals surface area contributed by atoms with E-state index in [2.05, 4.69) is 44.2 Å². The van der Waals surface area contributed by atoms with Gasteiger partial charge in [-0.15, -0.1) is 11.8 Å². The number of aliphatic hydroxyl groups excluding tert-OH is 1. The highest BCUT2D eigenvalue weighted by Crippen LogP contribution is 2.42. The minimum Gasteiger partial charge on any atom is -0.395 e. The van der Waals surface area contributed by atoms with Crippen LogP contribution in [0.15, 0.2) is 21.9 Å². The van der Waals surface area contributed by atoms with Gasteiger partial charge in [0, 0.05) is 30.6 Å². The first-order valence-corrected chi connectivity index (χ1v) is 11.9. The van der Waals surface area contributed by atoms with Crippen LogP contribution < -0.4 is 16.6 Å². The van der Waals surface area contributed by atoms with E-state index in [0.717, 1.165) is 6.54 Å². The minimum absolute atomic E-state index is 0.0356. The Balaban J connectivity index is 2.21. The molecule has 3 atom stereocenters. The topological polar surface area (TPSA) is 87.1 Å². The second kappa shape index (κ2) is 6.58. The Labute approximate surface area is 141 Å². The second-order valence-corrected chi connectivity index (χ2v) is 14.7. The van der Waals surface area contributed by atoms with Crippen LogP contribution in [0.25, 0.3) is 0 Å². The number of H-pyrrole nitrogens is 1. The summed E-state index contributed by atoms with van der Waals surface area (Å²) < 4.78 is 1.53. The fraction of sp³-hybridized carbons (Fsp3) is 0.733. The smallest absolute Gasteiger partial charge is 0.329 e. The number of thioether (sulfide) groups is 1. The third kappa shape index (κ3) is 3.81. The standard InChI is InChI=1S/C15H27N3O3SSi/c1-15(2,3)23(4,5)13(20)10-8-16-9-12(22-10)18-7-6-11(19)17-14(18)21/h6-7,10,12-13,16,20H,8-9H2,1-5H3,(H,17,19,21)/t10-,12+,13-/m0/s1. The first-order chi connectivity index (χ1) is 10.5. The van der Waals surface area contributed by atoms with Crippen LogP contribution >= 0.6 is 11.8 Å². The van der Waals surface area contributed by atoms with Gasteiger partial charge in [0.15, 0.2) is 0 Å². The van der Waals surface area contributed by atoms with Crippen molar-refractivity contribution in [3.63, 3.8) is 0 Å². The lowest BCUT2D eigenvalue weighted by molar-refractivity contribution is 0.228. The number of nitrogens with one attached hydrogen (secondary N) is 2. The van der Waals surface area contributed by atoms with Gasteiger partial charge in [0.1, 0.15) is 0 Å². The van der Waals surface area contributed by atoms with Gasteiger partial charge < -0.3 is 10.4 Å². The molecule has 130 valence electrons. The molecular formula is C15H27N3O3SSi. The molecule has 0 amide bonds. The van der Waals surface area contributed by atoms with Crippen LogP contribution in [0.3, 0.4) is 0 Å². The van der Waals surface area contributed by atoms with Crippen molar-refractivity contribution in [2.45, 2.75) is 55.3 Å². The van der Waals surface area contributed by atoms with Gasteiger partial charge in [0.25, 0.3) is 5.56 Å². The van der Waals surface area contributed by atoms with E-state index >= 15 is 0 Å². The van der Waals surface area contributed by atoms with Crippen LogP contribution in [0, 0.1) is 0 Å². The summed E-state index contributed by atoms with van der Waals surface area (Å²) >= 11 is 1.62. The molecule has 0 aromatic carbocycles. The maximum Gasteiger partial charge on any atom is 0.329 e. The van der Waals surface area contributed by atoms with Gasteiger partial charge in [-0.2, -0.15) is 0 Å². The summed E-state index contributed by atoms with van der Waals surface area (Å²) in [7, 11) is -1.90. The van der Waals surface area contributed by atoms with Crippen LogP contribution in [0.4, 0.5) is 0 Å². The first kappa shape index (κ1) is 18.5. The number of hydrogen-bond acceptors (Lipinski definition) is 5. The number of aromatic nitrogens is 2. The zero-order valence-electron chi connectivity index (χ0n) is 14.4. The molecule has 1 aromatic heterocycles. The lowest BCUT2D eigenvalue weighted by Gasteiger charge is -2.45. The Bertz CT molecular complexity index is 665. The largest absolute Gasteiger partial charge is 0.395 e. The molecule has 0 radical (unpaired) electrons. The highest BCUT2D eigenvalue weighted by molar-refractivity contribution is 8.00. The SMILES string of the molecule is CC(C)(C)[Si](C)(C)[C@H](O)[C@@H]1CNC[C@H](n2ccc(=O)[nH]c2=O)S1. The average Bonchev–Trinajstić information content (AvgIpc) is 2.45. The number of nitrogens with zero attached hydrogens (tertiary/aromatic N) is 1. The van der Waals surface area contributed by atoms with Gasteiger partial charge in [0.2, 0.25) is 0 Å². The minimum atomic E-state index is -1.90. The highest BCUT2D eigenvalue weighted by atomic mass is 32.2. The summed E-state index contributed by atoms with van der Waals surface area (Å²) in [6.45, 7) is 12.4. The van der Waals surface area contributed by atoms with Crippen LogP contribution in [0.5, 0.6) is 0 Å². The molecule has 1 aromatic rings. The zero-order valence-corrected chi connectivity index (χ0v) is 16.2. The number of aliphatic hydroxyl groups is 1. The molecule has 1 saturated heterocycles. The van der Waals surface area contributed by atoms with E-state index in [9.17, 15) is 14.7 Å². The molecule has 2 rings (SSSR count). The number of hydrogen-bond donors (Lipinski definition) is 3. The molecule has 0 saturated carbocycles. The van der Waals surface area contributed by atoms with Crippen molar-refractivity contribution >= 4 is 19.8 Å². The van der Waals surface area contributed by atoms with Gasteiger partial charge in [-0.05, 0) is 5.04 Å². The fourth-order valence-corrected chi connectivity index (χ4v) is 7.03. The van der Waals surface area contributed by atoms with Gasteiger partial charge in [-0.3, -0.25) is 14.3 Å². The monoisotopic (exact) mass is 357 g/mol. The van der Waals surface area contributed by atoms with Gasteiger partial charge in [0.05, 0.1) is 19.2 Å². The summed E-state index contributed by atoms with van der Waals surface area (Å²) in [5.41, 5.74) is -1.17. The fourth-order valence-electron chi connectivity index (χ4n) is 2.56. The Morgan fingerprint density at radius 3 is 2.57 bits per heavy atom. The molecule has 0 aliphatic carbocycles. The quantitative estimate of drug-likeness (QED) is 0.707. The average molecular weight is 358 g/mol. The molecule has 23 heavy (non-hydrogen) atoms. The van der Waals surface area contributed by atoms with E-state index in [1.807, 2.05) is 0 Å². The van der Waals surface area contributed by atoms with Crippen molar-refractivity contribution in [2.24, 2.45) is 0 Å².